The van der Waals surface area contributed by atoms with Gasteiger partial charge in [-0.05, 0) is 64.7 Å². The predicted octanol–water partition coefficient (Wildman–Crippen LogP) is 6.01. The van der Waals surface area contributed by atoms with Crippen molar-refractivity contribution in [3.05, 3.63) is 93.3 Å². The fourth-order valence-electron chi connectivity index (χ4n) is 4.01. The number of carbonyl (C=O) groups excluding carboxylic acids is 1. The second kappa shape index (κ2) is 9.64. The summed E-state index contributed by atoms with van der Waals surface area (Å²) in [5, 5.41) is 13.6. The molecule has 3 aromatic heterocycles. The van der Waals surface area contributed by atoms with E-state index in [2.05, 4.69) is 67.6 Å². The van der Waals surface area contributed by atoms with Gasteiger partial charge in [-0.15, -0.1) is 0 Å². The number of amides is 1. The van der Waals surface area contributed by atoms with Crippen LogP contribution < -0.4 is 5.32 Å². The summed E-state index contributed by atoms with van der Waals surface area (Å²) in [7, 11) is 0. The molecule has 0 fully saturated rings. The Bertz CT molecular complexity index is 1520. The lowest BCUT2D eigenvalue weighted by molar-refractivity contribution is -0.116. The zero-order valence-corrected chi connectivity index (χ0v) is 21.5. The molecule has 2 aromatic carbocycles. The summed E-state index contributed by atoms with van der Waals surface area (Å²) in [6.07, 6.45) is 3.58. The third-order valence-electron chi connectivity index (χ3n) is 5.70. The summed E-state index contributed by atoms with van der Waals surface area (Å²) < 4.78 is 4.09. The van der Waals surface area contributed by atoms with Crippen LogP contribution in [0.1, 0.15) is 16.8 Å². The first kappa shape index (κ1) is 23.3. The van der Waals surface area contributed by atoms with E-state index < -0.39 is 0 Å². The minimum Gasteiger partial charge on any atom is -0.307 e. The number of nitrogens with one attached hydrogen (secondary N) is 1. The largest absolute Gasteiger partial charge is 0.307 e. The third-order valence-corrected chi connectivity index (χ3v) is 6.53. The van der Waals surface area contributed by atoms with Crippen LogP contribution in [0.5, 0.6) is 0 Å². The zero-order valence-electron chi connectivity index (χ0n) is 19.2. The van der Waals surface area contributed by atoms with Crippen LogP contribution in [0.25, 0.3) is 22.2 Å². The van der Waals surface area contributed by atoms with Gasteiger partial charge >= 0.3 is 0 Å². The highest BCUT2D eigenvalue weighted by molar-refractivity contribution is 9.10. The van der Waals surface area contributed by atoms with Crippen LogP contribution in [0.2, 0.25) is 5.02 Å². The maximum Gasteiger partial charge on any atom is 0.247 e. The molecule has 1 amide bonds. The van der Waals surface area contributed by atoms with E-state index in [1.165, 1.54) is 5.56 Å². The molecule has 3 heterocycles. The van der Waals surface area contributed by atoms with E-state index >= 15 is 0 Å². The van der Waals surface area contributed by atoms with E-state index in [1.54, 1.807) is 15.6 Å². The number of nitrogens with zero attached hydrogens (tertiary/aromatic N) is 5. The van der Waals surface area contributed by atoms with Crippen LogP contribution in [0.4, 0.5) is 5.82 Å². The topological polar surface area (TPSA) is 77.6 Å². The molecular formula is C26H22BrClN6O. The number of hydrogen-bond donors (Lipinski definition) is 1. The number of aryl methyl sites for hydroxylation is 2. The van der Waals surface area contributed by atoms with Crippen molar-refractivity contribution in [1.29, 1.82) is 0 Å². The van der Waals surface area contributed by atoms with E-state index in [9.17, 15) is 4.79 Å². The quantitative estimate of drug-likeness (QED) is 0.281. The van der Waals surface area contributed by atoms with Gasteiger partial charge in [0.2, 0.25) is 5.91 Å². The van der Waals surface area contributed by atoms with Gasteiger partial charge in [0.25, 0.3) is 0 Å². The summed E-state index contributed by atoms with van der Waals surface area (Å²) in [5.41, 5.74) is 5.88. The predicted molar refractivity (Wildman–Crippen MR) is 142 cm³/mol. The number of carbonyl (C=O) groups is 1. The number of rotatable bonds is 6. The van der Waals surface area contributed by atoms with Crippen molar-refractivity contribution in [2.75, 3.05) is 5.32 Å². The molecule has 0 radical (unpaired) electrons. The van der Waals surface area contributed by atoms with Gasteiger partial charge in [-0.2, -0.15) is 10.2 Å². The average Bonchev–Trinajstić information content (AvgIpc) is 3.34. The lowest BCUT2D eigenvalue weighted by atomic mass is 10.0. The van der Waals surface area contributed by atoms with Crippen molar-refractivity contribution in [2.45, 2.75) is 26.9 Å². The molecule has 0 unspecified atom stereocenters. The highest BCUT2D eigenvalue weighted by Crippen LogP contribution is 2.30. The monoisotopic (exact) mass is 548 g/mol. The van der Waals surface area contributed by atoms with Gasteiger partial charge in [0, 0.05) is 22.8 Å². The molecule has 0 saturated heterocycles. The molecule has 176 valence electrons. The second-order valence-corrected chi connectivity index (χ2v) is 9.65. The molecule has 7 nitrogen and oxygen atoms in total. The maximum atomic E-state index is 12.9. The Hall–Kier alpha value is -3.49. The number of benzene rings is 2. The highest BCUT2D eigenvalue weighted by atomic mass is 79.9. The molecule has 9 heteroatoms. The first-order valence-corrected chi connectivity index (χ1v) is 12.2. The number of aromatic nitrogens is 5. The van der Waals surface area contributed by atoms with Gasteiger partial charge in [-0.25, -0.2) is 9.67 Å². The molecule has 0 aliphatic heterocycles. The van der Waals surface area contributed by atoms with E-state index in [0.29, 0.717) is 27.5 Å². The van der Waals surface area contributed by atoms with Gasteiger partial charge in [0.15, 0.2) is 11.5 Å². The molecule has 0 saturated carbocycles. The Balaban J connectivity index is 1.35. The van der Waals surface area contributed by atoms with Crippen molar-refractivity contribution in [2.24, 2.45) is 0 Å². The molecular weight excluding hydrogens is 528 g/mol. The number of anilines is 1. The van der Waals surface area contributed by atoms with Crippen molar-refractivity contribution in [3.8, 4) is 11.1 Å². The maximum absolute atomic E-state index is 12.9. The van der Waals surface area contributed by atoms with Crippen LogP contribution in [0.3, 0.4) is 0 Å². The van der Waals surface area contributed by atoms with Gasteiger partial charge in [-0.1, -0.05) is 53.6 Å². The minimum absolute atomic E-state index is 0.0190. The van der Waals surface area contributed by atoms with Crippen LogP contribution in [0.15, 0.2) is 71.5 Å². The molecule has 0 bridgehead atoms. The average molecular weight is 550 g/mol. The normalized spacial score (nSPS) is 11.2. The highest BCUT2D eigenvalue weighted by Gasteiger charge is 2.17. The first-order chi connectivity index (χ1) is 16.9. The smallest absolute Gasteiger partial charge is 0.247 e. The fourth-order valence-corrected chi connectivity index (χ4v) is 4.55. The molecule has 0 aliphatic rings. The molecule has 35 heavy (non-hydrogen) atoms. The van der Waals surface area contributed by atoms with E-state index in [1.807, 2.05) is 43.5 Å². The summed E-state index contributed by atoms with van der Waals surface area (Å²) >= 11 is 9.45. The summed E-state index contributed by atoms with van der Waals surface area (Å²) in [6, 6.07) is 17.9. The Kier molecular flexibility index (Phi) is 6.40. The van der Waals surface area contributed by atoms with Crippen molar-refractivity contribution in [1.82, 2.24) is 24.5 Å². The fraction of sp³-hybridized carbons (Fsp3) is 0.154. The number of hydrogen-bond acceptors (Lipinski definition) is 4. The second-order valence-electron chi connectivity index (χ2n) is 8.36. The third kappa shape index (κ3) is 4.99. The van der Waals surface area contributed by atoms with Gasteiger partial charge < -0.3 is 5.32 Å². The SMILES string of the molecule is Cc1ccc(-c2ccnc3c2c(C)nn3CC(=O)Nc2nn(Cc3ccc(Cl)cc3)cc2Br)cc1. The molecule has 5 rings (SSSR count). The Labute approximate surface area is 215 Å². The van der Waals surface area contributed by atoms with Gasteiger partial charge in [-0.3, -0.25) is 9.48 Å². The summed E-state index contributed by atoms with van der Waals surface area (Å²) in [5.74, 6) is 0.208. The molecule has 0 spiro atoms. The molecule has 0 atom stereocenters. The van der Waals surface area contributed by atoms with Crippen LogP contribution in [-0.2, 0) is 17.9 Å². The standard InChI is InChI=1S/C26H22BrClN6O/c1-16-3-7-19(8-4-16)21-11-12-29-26-24(21)17(2)31-34(26)15-23(35)30-25-22(27)14-33(32-25)13-18-5-9-20(28)10-6-18/h3-12,14H,13,15H2,1-2H3,(H,30,32,35). The Morgan fingerprint density at radius 3 is 2.51 bits per heavy atom. The molecule has 1 N–H and O–H groups in total. The van der Waals surface area contributed by atoms with E-state index in [-0.39, 0.29) is 12.5 Å². The number of pyridine rings is 1. The van der Waals surface area contributed by atoms with Gasteiger partial charge in [0.05, 0.1) is 16.7 Å². The minimum atomic E-state index is -0.241. The van der Waals surface area contributed by atoms with E-state index in [0.717, 1.165) is 27.8 Å². The molecule has 0 aliphatic carbocycles. The summed E-state index contributed by atoms with van der Waals surface area (Å²) in [6.45, 7) is 4.57. The van der Waals surface area contributed by atoms with Crippen molar-refractivity contribution >= 4 is 50.3 Å². The number of fused-ring (bicyclic) bond motifs is 1. The van der Waals surface area contributed by atoms with E-state index in [4.69, 9.17) is 11.6 Å². The van der Waals surface area contributed by atoms with Crippen LogP contribution in [-0.4, -0.2) is 30.5 Å². The van der Waals surface area contributed by atoms with Crippen molar-refractivity contribution in [3.63, 3.8) is 0 Å². The first-order valence-electron chi connectivity index (χ1n) is 11.0. The number of halogens is 2. The van der Waals surface area contributed by atoms with Gasteiger partial charge in [0.1, 0.15) is 6.54 Å². The van der Waals surface area contributed by atoms with Crippen molar-refractivity contribution < 1.29 is 4.79 Å². The van der Waals surface area contributed by atoms with Crippen LogP contribution >= 0.6 is 27.5 Å². The Morgan fingerprint density at radius 1 is 1.03 bits per heavy atom. The zero-order chi connectivity index (χ0) is 24.5. The Morgan fingerprint density at radius 2 is 1.77 bits per heavy atom. The summed E-state index contributed by atoms with van der Waals surface area (Å²) in [4.78, 5) is 17.4. The lowest BCUT2D eigenvalue weighted by Crippen LogP contribution is -2.20. The van der Waals surface area contributed by atoms with Crippen LogP contribution in [0, 0.1) is 13.8 Å². The molecule has 5 aromatic rings. The lowest BCUT2D eigenvalue weighted by Gasteiger charge is -2.06.